The van der Waals surface area contributed by atoms with Gasteiger partial charge in [0.25, 0.3) is 11.7 Å². The van der Waals surface area contributed by atoms with E-state index in [0.717, 1.165) is 12.0 Å². The lowest BCUT2D eigenvalue weighted by atomic mass is 9.95. The zero-order valence-corrected chi connectivity index (χ0v) is 19.3. The van der Waals surface area contributed by atoms with Crippen LogP contribution in [-0.2, 0) is 16.1 Å². The van der Waals surface area contributed by atoms with E-state index in [4.69, 9.17) is 4.74 Å². The monoisotopic (exact) mass is 456 g/mol. The highest BCUT2D eigenvalue weighted by Crippen LogP contribution is 2.41. The number of carbonyl (C=O) groups excluding carboxylic acids is 2. The molecule has 1 saturated heterocycles. The summed E-state index contributed by atoms with van der Waals surface area (Å²) >= 11 is 0. The van der Waals surface area contributed by atoms with Crippen molar-refractivity contribution in [1.29, 1.82) is 0 Å². The van der Waals surface area contributed by atoms with E-state index < -0.39 is 17.7 Å². The normalized spacial score (nSPS) is 17.4. The molecule has 1 aromatic heterocycles. The van der Waals surface area contributed by atoms with E-state index in [0.29, 0.717) is 29.4 Å². The lowest BCUT2D eigenvalue weighted by Gasteiger charge is -2.26. The van der Waals surface area contributed by atoms with Crippen LogP contribution in [-0.4, -0.2) is 33.3 Å². The zero-order chi connectivity index (χ0) is 24.1. The van der Waals surface area contributed by atoms with E-state index in [-0.39, 0.29) is 17.9 Å². The van der Waals surface area contributed by atoms with Gasteiger partial charge in [-0.15, -0.1) is 0 Å². The fourth-order valence-electron chi connectivity index (χ4n) is 4.01. The van der Waals surface area contributed by atoms with Crippen molar-refractivity contribution >= 4 is 17.4 Å². The maximum atomic E-state index is 13.2. The number of hydrogen-bond acceptors (Lipinski definition) is 5. The lowest BCUT2D eigenvalue weighted by molar-refractivity contribution is -0.140. The van der Waals surface area contributed by atoms with E-state index in [1.54, 1.807) is 48.8 Å². The Labute approximate surface area is 199 Å². The van der Waals surface area contributed by atoms with Gasteiger partial charge >= 0.3 is 0 Å². The molecule has 0 saturated carbocycles. The average molecular weight is 457 g/mol. The molecular weight excluding hydrogens is 428 g/mol. The molecule has 6 heteroatoms. The predicted molar refractivity (Wildman–Crippen MR) is 130 cm³/mol. The second-order valence-corrected chi connectivity index (χ2v) is 8.75. The molecule has 0 bridgehead atoms. The van der Waals surface area contributed by atoms with Crippen LogP contribution in [0.15, 0.2) is 84.7 Å². The number of Topliss-reactive ketones (excluding diaryl/α,β-unsaturated/α-hetero) is 1. The van der Waals surface area contributed by atoms with Crippen LogP contribution >= 0.6 is 0 Å². The molecule has 2 aromatic carbocycles. The third kappa shape index (κ3) is 5.01. The number of nitrogens with zero attached hydrogens (tertiary/aromatic N) is 2. The van der Waals surface area contributed by atoms with Gasteiger partial charge in [-0.1, -0.05) is 56.3 Å². The summed E-state index contributed by atoms with van der Waals surface area (Å²) in [7, 11) is 0. The number of ether oxygens (including phenoxy) is 1. The predicted octanol–water partition coefficient (Wildman–Crippen LogP) is 5.13. The molecule has 34 heavy (non-hydrogen) atoms. The summed E-state index contributed by atoms with van der Waals surface area (Å²) in [5, 5.41) is 11.1. The molecule has 4 rings (SSSR count). The van der Waals surface area contributed by atoms with Crippen molar-refractivity contribution in [3.05, 3.63) is 101 Å². The van der Waals surface area contributed by atoms with Crippen LogP contribution in [0.4, 0.5) is 0 Å². The number of amides is 1. The molecule has 2 heterocycles. The summed E-state index contributed by atoms with van der Waals surface area (Å²) < 4.78 is 5.93. The second kappa shape index (κ2) is 10.3. The van der Waals surface area contributed by atoms with Gasteiger partial charge in [0, 0.05) is 24.5 Å². The summed E-state index contributed by atoms with van der Waals surface area (Å²) in [5.41, 5.74) is 2.10. The van der Waals surface area contributed by atoms with Gasteiger partial charge in [-0.2, -0.15) is 0 Å². The number of pyridine rings is 1. The molecule has 0 spiro atoms. The van der Waals surface area contributed by atoms with Crippen LogP contribution in [0.5, 0.6) is 5.75 Å². The summed E-state index contributed by atoms with van der Waals surface area (Å²) in [4.78, 5) is 31.9. The topological polar surface area (TPSA) is 79.7 Å². The number of rotatable bonds is 8. The van der Waals surface area contributed by atoms with Crippen LogP contribution in [0, 0.1) is 5.92 Å². The van der Waals surface area contributed by atoms with E-state index in [2.05, 4.69) is 18.8 Å². The van der Waals surface area contributed by atoms with Crippen molar-refractivity contribution in [2.24, 2.45) is 5.92 Å². The van der Waals surface area contributed by atoms with Crippen molar-refractivity contribution < 1.29 is 19.4 Å². The minimum atomic E-state index is -0.748. The highest BCUT2D eigenvalue weighted by molar-refractivity contribution is 6.46. The van der Waals surface area contributed by atoms with E-state index in [1.165, 1.54) is 4.90 Å². The molecule has 1 unspecified atom stereocenters. The zero-order valence-electron chi connectivity index (χ0n) is 19.3. The maximum Gasteiger partial charge on any atom is 0.295 e. The third-order valence-corrected chi connectivity index (χ3v) is 5.83. The van der Waals surface area contributed by atoms with Crippen molar-refractivity contribution in [3.8, 4) is 5.75 Å². The van der Waals surface area contributed by atoms with Gasteiger partial charge in [0.15, 0.2) is 0 Å². The first-order valence-electron chi connectivity index (χ1n) is 11.4. The Morgan fingerprint density at radius 1 is 1.03 bits per heavy atom. The van der Waals surface area contributed by atoms with Gasteiger partial charge in [-0.05, 0) is 47.7 Å². The van der Waals surface area contributed by atoms with Gasteiger partial charge < -0.3 is 14.7 Å². The summed E-state index contributed by atoms with van der Waals surface area (Å²) in [6, 6.07) is 19.1. The van der Waals surface area contributed by atoms with Crippen molar-refractivity contribution in [2.45, 2.75) is 32.9 Å². The van der Waals surface area contributed by atoms with E-state index in [1.807, 2.05) is 30.3 Å². The van der Waals surface area contributed by atoms with Crippen LogP contribution in [0.3, 0.4) is 0 Å². The molecule has 1 fully saturated rings. The quantitative estimate of drug-likeness (QED) is 0.289. The highest BCUT2D eigenvalue weighted by Gasteiger charge is 2.46. The Morgan fingerprint density at radius 2 is 1.76 bits per heavy atom. The standard InChI is InChI=1S/C28H28N2O4/c1-19(2)13-16-34-23-10-6-9-22(17-23)25-24(26(31)21-7-4-3-5-8-21)27(32)28(33)30(25)18-20-11-14-29-15-12-20/h3-12,14-15,17,19,25,31H,13,16,18H2,1-2H3/b26-24+. The van der Waals surface area contributed by atoms with Crippen molar-refractivity contribution in [1.82, 2.24) is 9.88 Å². The first-order valence-corrected chi connectivity index (χ1v) is 11.4. The minimum Gasteiger partial charge on any atom is -0.507 e. The second-order valence-electron chi connectivity index (χ2n) is 8.75. The van der Waals surface area contributed by atoms with Gasteiger partial charge in [-0.25, -0.2) is 0 Å². The molecule has 6 nitrogen and oxygen atoms in total. The van der Waals surface area contributed by atoms with Gasteiger partial charge in [-0.3, -0.25) is 14.6 Å². The SMILES string of the molecule is CC(C)CCOc1cccc(C2/C(=C(\O)c3ccccc3)C(=O)C(=O)N2Cc2ccncc2)c1. The molecule has 1 atom stereocenters. The molecule has 0 radical (unpaired) electrons. The number of ketones is 1. The Morgan fingerprint density at radius 3 is 2.47 bits per heavy atom. The average Bonchev–Trinajstić information content (AvgIpc) is 3.10. The first-order chi connectivity index (χ1) is 16.5. The Hall–Kier alpha value is -3.93. The largest absolute Gasteiger partial charge is 0.507 e. The Kier molecular flexibility index (Phi) is 7.07. The minimum absolute atomic E-state index is 0.0737. The lowest BCUT2D eigenvalue weighted by Crippen LogP contribution is -2.29. The van der Waals surface area contributed by atoms with Crippen LogP contribution in [0.2, 0.25) is 0 Å². The number of carbonyl (C=O) groups is 2. The molecule has 3 aromatic rings. The van der Waals surface area contributed by atoms with Crippen LogP contribution in [0.1, 0.15) is 43.0 Å². The van der Waals surface area contributed by atoms with Gasteiger partial charge in [0.2, 0.25) is 0 Å². The Balaban J connectivity index is 1.77. The first kappa shape index (κ1) is 23.2. The molecule has 174 valence electrons. The molecule has 1 aliphatic rings. The van der Waals surface area contributed by atoms with Crippen molar-refractivity contribution in [3.63, 3.8) is 0 Å². The van der Waals surface area contributed by atoms with Crippen LogP contribution < -0.4 is 4.74 Å². The third-order valence-electron chi connectivity index (χ3n) is 5.83. The number of aliphatic hydroxyl groups excluding tert-OH is 1. The number of likely N-dealkylation sites (tertiary alicyclic amines) is 1. The molecule has 1 amide bonds. The molecule has 1 aliphatic heterocycles. The fraction of sp³-hybridized carbons (Fsp3) is 0.250. The van der Waals surface area contributed by atoms with E-state index >= 15 is 0 Å². The number of aliphatic hydroxyl groups is 1. The number of hydrogen-bond donors (Lipinski definition) is 1. The highest BCUT2D eigenvalue weighted by atomic mass is 16.5. The summed E-state index contributed by atoms with van der Waals surface area (Å²) in [6.07, 6.45) is 4.21. The molecular formula is C28H28N2O4. The van der Waals surface area contributed by atoms with Gasteiger partial charge in [0.1, 0.15) is 11.5 Å². The molecule has 1 N–H and O–H groups in total. The molecule has 0 aliphatic carbocycles. The summed E-state index contributed by atoms with van der Waals surface area (Å²) in [5.74, 6) is -0.363. The fourth-order valence-corrected chi connectivity index (χ4v) is 4.01. The number of benzene rings is 2. The van der Waals surface area contributed by atoms with Crippen LogP contribution in [0.25, 0.3) is 5.76 Å². The van der Waals surface area contributed by atoms with E-state index in [9.17, 15) is 14.7 Å². The van der Waals surface area contributed by atoms with Gasteiger partial charge in [0.05, 0.1) is 18.2 Å². The van der Waals surface area contributed by atoms with Crippen molar-refractivity contribution in [2.75, 3.05) is 6.61 Å². The number of aromatic nitrogens is 1. The maximum absolute atomic E-state index is 13.2. The smallest absolute Gasteiger partial charge is 0.295 e. The summed E-state index contributed by atoms with van der Waals surface area (Å²) in [6.45, 7) is 5.05. The Bertz CT molecular complexity index is 1190.